The third-order valence-corrected chi connectivity index (χ3v) is 5.28. The predicted octanol–water partition coefficient (Wildman–Crippen LogP) is 2.25. The summed E-state index contributed by atoms with van der Waals surface area (Å²) in [4.78, 5) is 14.3. The van der Waals surface area contributed by atoms with Gasteiger partial charge in [0.2, 0.25) is 5.91 Å². The Morgan fingerprint density at radius 1 is 1.35 bits per heavy atom. The van der Waals surface area contributed by atoms with Crippen molar-refractivity contribution >= 4 is 28.8 Å². The van der Waals surface area contributed by atoms with Crippen molar-refractivity contribution in [3.8, 4) is 21.9 Å². The van der Waals surface area contributed by atoms with Crippen LogP contribution in [0.25, 0.3) is 10.4 Å². The van der Waals surface area contributed by atoms with Crippen LogP contribution in [0.2, 0.25) is 4.34 Å². The molecule has 1 amide bonds. The molecule has 0 saturated carbocycles. The monoisotopic (exact) mass is 396 g/mol. The van der Waals surface area contributed by atoms with Crippen molar-refractivity contribution in [3.63, 3.8) is 0 Å². The Kier molecular flexibility index (Phi) is 6.37. The number of β-amino-alcohol motifs (C(OH)–C–C–N with tert-alkyl or cyclic N) is 1. The Labute approximate surface area is 161 Å². The van der Waals surface area contributed by atoms with E-state index in [2.05, 4.69) is 5.32 Å². The average molecular weight is 397 g/mol. The van der Waals surface area contributed by atoms with Crippen LogP contribution in [0, 0.1) is 0 Å². The molecule has 8 heteroatoms. The first kappa shape index (κ1) is 19.0. The van der Waals surface area contributed by atoms with Gasteiger partial charge in [0.15, 0.2) is 0 Å². The molecule has 6 nitrogen and oxygen atoms in total. The highest BCUT2D eigenvalue weighted by Gasteiger charge is 2.19. The second-order valence-corrected chi connectivity index (χ2v) is 7.77. The number of amides is 1. The van der Waals surface area contributed by atoms with Gasteiger partial charge >= 0.3 is 0 Å². The fourth-order valence-corrected chi connectivity index (χ4v) is 3.81. The van der Waals surface area contributed by atoms with Crippen LogP contribution >= 0.6 is 22.9 Å². The summed E-state index contributed by atoms with van der Waals surface area (Å²) in [5, 5.41) is 13.0. The lowest BCUT2D eigenvalue weighted by molar-refractivity contribution is -0.124. The van der Waals surface area contributed by atoms with Gasteiger partial charge in [0, 0.05) is 30.6 Å². The van der Waals surface area contributed by atoms with E-state index in [1.165, 1.54) is 11.3 Å². The lowest BCUT2D eigenvalue weighted by atomic mass is 10.1. The number of thiophene rings is 1. The summed E-state index contributed by atoms with van der Waals surface area (Å²) in [7, 11) is 1.60. The fourth-order valence-electron chi connectivity index (χ4n) is 2.78. The summed E-state index contributed by atoms with van der Waals surface area (Å²) in [5.74, 6) is 1.26. The van der Waals surface area contributed by atoms with Gasteiger partial charge in [-0.3, -0.25) is 9.69 Å². The highest BCUT2D eigenvalue weighted by atomic mass is 35.5. The Hall–Kier alpha value is -1.80. The number of rotatable bonds is 7. The number of hydrogen-bond acceptors (Lipinski definition) is 6. The molecule has 2 heterocycles. The van der Waals surface area contributed by atoms with Crippen molar-refractivity contribution < 1.29 is 19.4 Å². The summed E-state index contributed by atoms with van der Waals surface area (Å²) in [5.41, 5.74) is 0.943. The van der Waals surface area contributed by atoms with Gasteiger partial charge in [-0.25, -0.2) is 0 Å². The molecule has 1 atom stereocenters. The number of nitrogens with zero attached hydrogens (tertiary/aromatic N) is 1. The smallest absolute Gasteiger partial charge is 0.234 e. The molecule has 26 heavy (non-hydrogen) atoms. The van der Waals surface area contributed by atoms with Gasteiger partial charge in [0.1, 0.15) is 24.2 Å². The second-order valence-electron chi connectivity index (χ2n) is 6.05. The first-order valence-electron chi connectivity index (χ1n) is 8.28. The van der Waals surface area contributed by atoms with Gasteiger partial charge in [-0.1, -0.05) is 11.6 Å². The van der Waals surface area contributed by atoms with Crippen molar-refractivity contribution in [2.24, 2.45) is 0 Å². The van der Waals surface area contributed by atoms with Crippen molar-refractivity contribution in [1.82, 2.24) is 10.2 Å². The number of methoxy groups -OCH3 is 1. The highest BCUT2D eigenvalue weighted by molar-refractivity contribution is 7.19. The van der Waals surface area contributed by atoms with E-state index in [-0.39, 0.29) is 12.5 Å². The summed E-state index contributed by atoms with van der Waals surface area (Å²) in [6.07, 6.45) is -0.688. The van der Waals surface area contributed by atoms with Crippen LogP contribution in [0.3, 0.4) is 0 Å². The molecular formula is C18H21ClN2O4S. The highest BCUT2D eigenvalue weighted by Crippen LogP contribution is 2.35. The Balaban J connectivity index is 1.62. The first-order valence-corrected chi connectivity index (χ1v) is 9.47. The Morgan fingerprint density at radius 3 is 2.85 bits per heavy atom. The molecule has 1 aromatic heterocycles. The average Bonchev–Trinajstić information content (AvgIpc) is 3.06. The van der Waals surface area contributed by atoms with Gasteiger partial charge in [-0.05, 0) is 29.8 Å². The molecule has 1 aliphatic rings. The number of piperazine rings is 1. The van der Waals surface area contributed by atoms with Crippen LogP contribution in [0.5, 0.6) is 11.5 Å². The number of hydrogen-bond donors (Lipinski definition) is 2. The summed E-state index contributed by atoms with van der Waals surface area (Å²) < 4.78 is 11.8. The third kappa shape index (κ3) is 5.11. The number of aliphatic hydroxyl groups is 1. The van der Waals surface area contributed by atoms with Gasteiger partial charge < -0.3 is 19.9 Å². The van der Waals surface area contributed by atoms with E-state index in [4.69, 9.17) is 21.1 Å². The van der Waals surface area contributed by atoms with Crippen molar-refractivity contribution in [2.75, 3.05) is 39.9 Å². The van der Waals surface area contributed by atoms with E-state index in [0.29, 0.717) is 35.5 Å². The van der Waals surface area contributed by atoms with Crippen LogP contribution < -0.4 is 14.8 Å². The molecule has 3 rings (SSSR count). The minimum atomic E-state index is -0.688. The zero-order valence-corrected chi connectivity index (χ0v) is 16.0. The van der Waals surface area contributed by atoms with E-state index in [1.807, 2.05) is 29.2 Å². The van der Waals surface area contributed by atoms with E-state index in [1.54, 1.807) is 13.2 Å². The molecule has 0 spiro atoms. The second kappa shape index (κ2) is 8.73. The van der Waals surface area contributed by atoms with Crippen LogP contribution in [0.15, 0.2) is 30.3 Å². The molecule has 0 bridgehead atoms. The zero-order valence-electron chi connectivity index (χ0n) is 14.4. The lowest BCUT2D eigenvalue weighted by Crippen LogP contribution is -2.50. The maximum absolute atomic E-state index is 11.4. The molecule has 0 aliphatic carbocycles. The first-order chi connectivity index (χ1) is 12.5. The number of carbonyl (C=O) groups excluding carboxylic acids is 1. The summed E-state index contributed by atoms with van der Waals surface area (Å²) in [6, 6.07) is 9.38. The maximum Gasteiger partial charge on any atom is 0.234 e. The van der Waals surface area contributed by atoms with Crippen LogP contribution in [0.4, 0.5) is 0 Å². The number of aliphatic hydroxyl groups excluding tert-OH is 1. The van der Waals surface area contributed by atoms with Crippen LogP contribution in [-0.2, 0) is 4.79 Å². The Bertz CT molecular complexity index is 767. The summed E-state index contributed by atoms with van der Waals surface area (Å²) >= 11 is 7.50. The molecule has 1 aliphatic heterocycles. The third-order valence-electron chi connectivity index (χ3n) is 4.00. The molecule has 1 aromatic carbocycles. The Morgan fingerprint density at radius 2 is 2.15 bits per heavy atom. The molecule has 0 radical (unpaired) electrons. The van der Waals surface area contributed by atoms with Crippen LogP contribution in [0.1, 0.15) is 0 Å². The largest absolute Gasteiger partial charge is 0.497 e. The molecule has 140 valence electrons. The predicted molar refractivity (Wildman–Crippen MR) is 102 cm³/mol. The fraction of sp³-hybridized carbons (Fsp3) is 0.389. The van der Waals surface area contributed by atoms with E-state index < -0.39 is 6.10 Å². The van der Waals surface area contributed by atoms with Crippen molar-refractivity contribution in [2.45, 2.75) is 6.10 Å². The minimum Gasteiger partial charge on any atom is -0.497 e. The maximum atomic E-state index is 11.4. The minimum absolute atomic E-state index is 0.0172. The number of benzene rings is 1. The van der Waals surface area contributed by atoms with Gasteiger partial charge in [-0.15, -0.1) is 11.3 Å². The van der Waals surface area contributed by atoms with Gasteiger partial charge in [-0.2, -0.15) is 0 Å². The normalized spacial score (nSPS) is 16.2. The molecular weight excluding hydrogens is 376 g/mol. The van der Waals surface area contributed by atoms with Gasteiger partial charge in [0.05, 0.1) is 18.0 Å². The van der Waals surface area contributed by atoms with Crippen LogP contribution in [-0.4, -0.2) is 61.9 Å². The summed E-state index contributed by atoms with van der Waals surface area (Å²) in [6.45, 7) is 2.17. The molecule has 2 N–H and O–H groups in total. The number of ether oxygens (including phenoxy) is 2. The van der Waals surface area contributed by atoms with Crippen molar-refractivity contribution in [3.05, 3.63) is 34.7 Å². The standard InChI is InChI=1S/C18H21ClN2O4S/c1-24-14-6-12(16-2-3-17(19)26-16)7-15(8-14)25-11-13(22)9-21-5-4-20-18(23)10-21/h2-3,6-8,13,22H,4-5,9-11H2,1H3,(H,20,23). The molecule has 1 unspecified atom stereocenters. The number of nitrogens with one attached hydrogen (secondary N) is 1. The number of halogens is 1. The molecule has 1 fully saturated rings. The molecule has 2 aromatic rings. The van der Waals surface area contributed by atoms with Gasteiger partial charge in [0.25, 0.3) is 0 Å². The van der Waals surface area contributed by atoms with E-state index in [0.717, 1.165) is 17.0 Å². The molecule has 1 saturated heterocycles. The van der Waals surface area contributed by atoms with E-state index in [9.17, 15) is 9.90 Å². The quantitative estimate of drug-likeness (QED) is 0.751. The topological polar surface area (TPSA) is 71.0 Å². The zero-order chi connectivity index (χ0) is 18.5. The van der Waals surface area contributed by atoms with Crippen molar-refractivity contribution in [1.29, 1.82) is 0 Å². The number of carbonyl (C=O) groups is 1. The van der Waals surface area contributed by atoms with E-state index >= 15 is 0 Å². The SMILES string of the molecule is COc1cc(OCC(O)CN2CCNC(=O)C2)cc(-c2ccc(Cl)s2)c1. The lowest BCUT2D eigenvalue weighted by Gasteiger charge is -2.28.